The number of hydrogen-bond donors (Lipinski definition) is 1. The lowest BCUT2D eigenvalue weighted by Crippen LogP contribution is -2.14. The molecule has 3 aromatic rings. The SMILES string of the molecule is O=C(Nc1nnc(-c2ccccn2)o1)c1cccc(C(F)(F)F)c1. The Balaban J connectivity index is 1.77. The van der Waals surface area contributed by atoms with Gasteiger partial charge in [-0.3, -0.25) is 15.1 Å². The van der Waals surface area contributed by atoms with E-state index in [0.717, 1.165) is 18.2 Å². The molecule has 24 heavy (non-hydrogen) atoms. The van der Waals surface area contributed by atoms with E-state index < -0.39 is 17.6 Å². The summed E-state index contributed by atoms with van der Waals surface area (Å²) in [5.74, 6) is -0.715. The number of amides is 1. The first-order valence-electron chi connectivity index (χ1n) is 6.67. The molecular formula is C15H9F3N4O2. The second-order valence-electron chi connectivity index (χ2n) is 4.66. The third-order valence-electron chi connectivity index (χ3n) is 2.98. The summed E-state index contributed by atoms with van der Waals surface area (Å²) in [4.78, 5) is 16.0. The lowest BCUT2D eigenvalue weighted by Gasteiger charge is -2.07. The summed E-state index contributed by atoms with van der Waals surface area (Å²) < 4.78 is 43.2. The average molecular weight is 334 g/mol. The van der Waals surface area contributed by atoms with Gasteiger partial charge in [0.15, 0.2) is 0 Å². The molecule has 0 bridgehead atoms. The molecule has 0 fully saturated rings. The van der Waals surface area contributed by atoms with E-state index in [1.165, 1.54) is 12.3 Å². The van der Waals surface area contributed by atoms with Crippen molar-refractivity contribution in [2.45, 2.75) is 6.18 Å². The molecule has 0 saturated heterocycles. The maximum absolute atomic E-state index is 12.7. The number of aromatic nitrogens is 3. The van der Waals surface area contributed by atoms with Crippen LogP contribution >= 0.6 is 0 Å². The van der Waals surface area contributed by atoms with Gasteiger partial charge in [-0.05, 0) is 30.3 Å². The first-order valence-corrected chi connectivity index (χ1v) is 6.67. The van der Waals surface area contributed by atoms with Crippen LogP contribution in [0.2, 0.25) is 0 Å². The summed E-state index contributed by atoms with van der Waals surface area (Å²) in [6.45, 7) is 0. The van der Waals surface area contributed by atoms with E-state index >= 15 is 0 Å². The molecule has 0 saturated carbocycles. The van der Waals surface area contributed by atoms with Crippen molar-refractivity contribution >= 4 is 11.9 Å². The Hall–Kier alpha value is -3.23. The summed E-state index contributed by atoms with van der Waals surface area (Å²) in [6, 6.07) is 8.83. The zero-order valence-corrected chi connectivity index (χ0v) is 11.9. The fourth-order valence-corrected chi connectivity index (χ4v) is 1.87. The highest BCUT2D eigenvalue weighted by atomic mass is 19.4. The summed E-state index contributed by atoms with van der Waals surface area (Å²) in [5, 5.41) is 9.59. The van der Waals surface area contributed by atoms with E-state index in [0.29, 0.717) is 5.69 Å². The molecule has 0 aliphatic rings. The van der Waals surface area contributed by atoms with Crippen LogP contribution in [0, 0.1) is 0 Å². The summed E-state index contributed by atoms with van der Waals surface area (Å²) in [5.41, 5.74) is -0.693. The smallest absolute Gasteiger partial charge is 0.401 e. The van der Waals surface area contributed by atoms with Crippen molar-refractivity contribution in [1.29, 1.82) is 0 Å². The highest BCUT2D eigenvalue weighted by Crippen LogP contribution is 2.29. The van der Waals surface area contributed by atoms with Gasteiger partial charge >= 0.3 is 12.2 Å². The van der Waals surface area contributed by atoms with Gasteiger partial charge in [0, 0.05) is 11.8 Å². The first-order chi connectivity index (χ1) is 11.4. The molecule has 0 radical (unpaired) electrons. The molecule has 0 aliphatic heterocycles. The van der Waals surface area contributed by atoms with Crippen LogP contribution in [-0.4, -0.2) is 21.1 Å². The molecule has 1 amide bonds. The lowest BCUT2D eigenvalue weighted by atomic mass is 10.1. The second-order valence-corrected chi connectivity index (χ2v) is 4.66. The fourth-order valence-electron chi connectivity index (χ4n) is 1.87. The Morgan fingerprint density at radius 2 is 1.92 bits per heavy atom. The standard InChI is InChI=1S/C15H9F3N4O2/c16-15(17,18)10-5-3-4-9(8-10)12(23)20-14-22-21-13(24-14)11-6-1-2-7-19-11/h1-8H,(H,20,22,23). The van der Waals surface area contributed by atoms with Gasteiger partial charge in [0.05, 0.1) is 5.56 Å². The number of pyridine rings is 1. The molecule has 2 aromatic heterocycles. The van der Waals surface area contributed by atoms with Gasteiger partial charge in [-0.15, -0.1) is 5.10 Å². The minimum absolute atomic E-state index is 0.0787. The van der Waals surface area contributed by atoms with Crippen molar-refractivity contribution < 1.29 is 22.4 Å². The third-order valence-corrected chi connectivity index (χ3v) is 2.98. The van der Waals surface area contributed by atoms with E-state index in [9.17, 15) is 18.0 Å². The predicted octanol–water partition coefficient (Wildman–Crippen LogP) is 3.40. The molecule has 0 aliphatic carbocycles. The van der Waals surface area contributed by atoms with Crippen LogP contribution in [0.25, 0.3) is 11.6 Å². The van der Waals surface area contributed by atoms with Gasteiger partial charge in [0.1, 0.15) is 5.69 Å². The van der Waals surface area contributed by atoms with Gasteiger partial charge in [-0.25, -0.2) is 0 Å². The van der Waals surface area contributed by atoms with Crippen LogP contribution in [-0.2, 0) is 6.18 Å². The molecule has 2 heterocycles. The molecule has 0 unspecified atom stereocenters. The topological polar surface area (TPSA) is 80.9 Å². The number of alkyl halides is 3. The van der Waals surface area contributed by atoms with Crippen molar-refractivity contribution in [3.8, 4) is 11.6 Å². The number of benzene rings is 1. The van der Waals surface area contributed by atoms with E-state index in [1.807, 2.05) is 0 Å². The largest absolute Gasteiger partial charge is 0.416 e. The van der Waals surface area contributed by atoms with Gasteiger partial charge in [0.2, 0.25) is 0 Å². The second kappa shape index (κ2) is 6.11. The number of carbonyl (C=O) groups is 1. The quantitative estimate of drug-likeness (QED) is 0.794. The Labute approximate surface area is 133 Å². The van der Waals surface area contributed by atoms with E-state index in [-0.39, 0.29) is 17.5 Å². The number of nitrogens with zero attached hydrogens (tertiary/aromatic N) is 3. The highest BCUT2D eigenvalue weighted by molar-refractivity contribution is 6.03. The number of nitrogens with one attached hydrogen (secondary N) is 1. The van der Waals surface area contributed by atoms with Crippen LogP contribution in [0.15, 0.2) is 53.1 Å². The van der Waals surface area contributed by atoms with Crippen LogP contribution < -0.4 is 5.32 Å². The van der Waals surface area contributed by atoms with Crippen molar-refractivity contribution in [2.24, 2.45) is 0 Å². The molecule has 1 aromatic carbocycles. The van der Waals surface area contributed by atoms with Gasteiger partial charge < -0.3 is 4.42 Å². The summed E-state index contributed by atoms with van der Waals surface area (Å²) in [6.07, 6.45) is -3.01. The summed E-state index contributed by atoms with van der Waals surface area (Å²) in [7, 11) is 0. The van der Waals surface area contributed by atoms with E-state index in [2.05, 4.69) is 20.5 Å². The van der Waals surface area contributed by atoms with Crippen molar-refractivity contribution in [2.75, 3.05) is 5.32 Å². The monoisotopic (exact) mass is 334 g/mol. The Morgan fingerprint density at radius 3 is 2.62 bits per heavy atom. The van der Waals surface area contributed by atoms with Crippen LogP contribution in [0.1, 0.15) is 15.9 Å². The van der Waals surface area contributed by atoms with Crippen molar-refractivity contribution in [3.63, 3.8) is 0 Å². The van der Waals surface area contributed by atoms with Gasteiger partial charge in [0.25, 0.3) is 11.8 Å². The molecular weight excluding hydrogens is 325 g/mol. The molecule has 9 heteroatoms. The van der Waals surface area contributed by atoms with Crippen LogP contribution in [0.5, 0.6) is 0 Å². The molecule has 1 N–H and O–H groups in total. The minimum atomic E-state index is -4.53. The first kappa shape index (κ1) is 15.7. The maximum atomic E-state index is 12.7. The number of rotatable bonds is 3. The minimum Gasteiger partial charge on any atom is -0.401 e. The zero-order valence-electron chi connectivity index (χ0n) is 11.9. The molecule has 0 atom stereocenters. The fraction of sp³-hybridized carbons (Fsp3) is 0.0667. The van der Waals surface area contributed by atoms with Crippen LogP contribution in [0.4, 0.5) is 19.2 Å². The molecule has 6 nitrogen and oxygen atoms in total. The zero-order chi connectivity index (χ0) is 17.2. The highest BCUT2D eigenvalue weighted by Gasteiger charge is 2.31. The van der Waals surface area contributed by atoms with Crippen LogP contribution in [0.3, 0.4) is 0 Å². The number of anilines is 1. The number of carbonyl (C=O) groups excluding carboxylic acids is 1. The van der Waals surface area contributed by atoms with Crippen molar-refractivity contribution in [1.82, 2.24) is 15.2 Å². The Bertz CT molecular complexity index is 862. The number of halogens is 3. The molecule has 0 spiro atoms. The van der Waals surface area contributed by atoms with Gasteiger partial charge in [-0.1, -0.05) is 17.2 Å². The van der Waals surface area contributed by atoms with E-state index in [1.54, 1.807) is 18.2 Å². The third kappa shape index (κ3) is 3.40. The lowest BCUT2D eigenvalue weighted by molar-refractivity contribution is -0.137. The van der Waals surface area contributed by atoms with E-state index in [4.69, 9.17) is 4.42 Å². The molecule has 122 valence electrons. The van der Waals surface area contributed by atoms with Gasteiger partial charge in [-0.2, -0.15) is 13.2 Å². The summed E-state index contributed by atoms with van der Waals surface area (Å²) >= 11 is 0. The normalized spacial score (nSPS) is 11.3. The van der Waals surface area contributed by atoms with Crippen molar-refractivity contribution in [3.05, 3.63) is 59.8 Å². The average Bonchev–Trinajstić information content (AvgIpc) is 3.03. The Kier molecular flexibility index (Phi) is 3.98. The maximum Gasteiger partial charge on any atom is 0.416 e. The number of hydrogen-bond acceptors (Lipinski definition) is 5. The Morgan fingerprint density at radius 1 is 1.08 bits per heavy atom. The molecule has 3 rings (SSSR count). The predicted molar refractivity (Wildman–Crippen MR) is 76.9 cm³/mol.